The van der Waals surface area contributed by atoms with Crippen LogP contribution in [0.3, 0.4) is 0 Å². The molecule has 4 aromatic rings. The molecule has 4 bridgehead atoms. The summed E-state index contributed by atoms with van der Waals surface area (Å²) in [6, 6.07) is 19.6. The fourth-order valence-corrected chi connectivity index (χ4v) is 10.6. The van der Waals surface area contributed by atoms with Crippen LogP contribution in [-0.2, 0) is 6.61 Å². The van der Waals surface area contributed by atoms with E-state index < -0.39 is 0 Å². The van der Waals surface area contributed by atoms with Crippen molar-refractivity contribution < 1.29 is 14.3 Å². The Labute approximate surface area is 312 Å². The normalized spacial score (nSPS) is 22.5. The number of ether oxygens (including phenoxy) is 2. The highest BCUT2D eigenvalue weighted by Gasteiger charge is 2.88. The molecule has 3 aliphatic carbocycles. The summed E-state index contributed by atoms with van der Waals surface area (Å²) >= 11 is 1.19. The Morgan fingerprint density at radius 3 is 2.54 bits per heavy atom. The maximum absolute atomic E-state index is 13.9. The van der Waals surface area contributed by atoms with E-state index in [9.17, 15) is 4.79 Å². The van der Waals surface area contributed by atoms with Crippen molar-refractivity contribution >= 4 is 45.2 Å². The van der Waals surface area contributed by atoms with Gasteiger partial charge in [-0.3, -0.25) is 9.52 Å². The minimum atomic E-state index is -0.220. The summed E-state index contributed by atoms with van der Waals surface area (Å²) in [7, 11) is 4.74. The lowest BCUT2D eigenvalue weighted by Gasteiger charge is -2.34. The van der Waals surface area contributed by atoms with Gasteiger partial charge in [-0.15, -0.1) is 5.10 Å². The smallest absolute Gasteiger partial charge is 0.265 e. The molecule has 1 saturated heterocycles. The number of amides is 1. The first-order chi connectivity index (χ1) is 25.1. The molecule has 5 aliphatic rings. The quantitative estimate of drug-likeness (QED) is 0.182. The Bertz CT molecular complexity index is 1980. The number of aromatic nitrogens is 4. The number of anilines is 2. The molecule has 3 saturated carbocycles. The Morgan fingerprint density at radius 2 is 1.77 bits per heavy atom. The number of pyridine rings is 2. The minimum absolute atomic E-state index is 0.123. The van der Waals surface area contributed by atoms with Crippen LogP contribution in [0.1, 0.15) is 74.7 Å². The molecule has 5 heterocycles. The second-order valence-corrected chi connectivity index (χ2v) is 17.9. The fourth-order valence-electron chi connectivity index (χ4n) is 10.0. The lowest BCUT2D eigenvalue weighted by atomic mass is 9.51. The minimum Gasteiger partial charge on any atom is -0.485 e. The first-order valence-electron chi connectivity index (χ1n) is 18.9. The van der Waals surface area contributed by atoms with Crippen molar-refractivity contribution in [2.24, 2.45) is 22.7 Å². The van der Waals surface area contributed by atoms with Gasteiger partial charge >= 0.3 is 0 Å². The number of carbonyl (C=O) groups excluding carboxylic acids is 1. The summed E-state index contributed by atoms with van der Waals surface area (Å²) in [5.74, 6) is 4.31. The lowest BCUT2D eigenvalue weighted by molar-refractivity contribution is 0.0984. The number of nitrogens with one attached hydrogen (secondary N) is 2. The molecule has 2 aliphatic heterocycles. The second kappa shape index (κ2) is 12.5. The van der Waals surface area contributed by atoms with E-state index in [0.29, 0.717) is 69.6 Å². The van der Waals surface area contributed by atoms with Gasteiger partial charge in [-0.1, -0.05) is 30.3 Å². The molecule has 9 rings (SSSR count). The lowest BCUT2D eigenvalue weighted by Crippen LogP contribution is -2.40. The molecule has 0 radical (unpaired) electrons. The summed E-state index contributed by atoms with van der Waals surface area (Å²) in [5.41, 5.74) is 2.69. The number of fused-ring (bicyclic) bond motifs is 7. The van der Waals surface area contributed by atoms with Gasteiger partial charge in [0.2, 0.25) is 5.88 Å². The third-order valence-corrected chi connectivity index (χ3v) is 13.2. The van der Waals surface area contributed by atoms with Gasteiger partial charge in [-0.05, 0) is 117 Å². The van der Waals surface area contributed by atoms with Crippen molar-refractivity contribution in [2.75, 3.05) is 29.9 Å². The monoisotopic (exact) mass is 715 g/mol. The summed E-state index contributed by atoms with van der Waals surface area (Å²) in [6.45, 7) is 7.21. The number of carbonyl (C=O) groups is 1. The van der Waals surface area contributed by atoms with Crippen molar-refractivity contribution in [3.63, 3.8) is 0 Å². The van der Waals surface area contributed by atoms with Crippen LogP contribution in [0.5, 0.6) is 11.6 Å². The zero-order valence-electron chi connectivity index (χ0n) is 30.7. The van der Waals surface area contributed by atoms with Gasteiger partial charge < -0.3 is 19.7 Å². The predicted octanol–water partition coefficient (Wildman–Crippen LogP) is 5.44. The highest BCUT2D eigenvalue weighted by atomic mass is 32.2. The standard InChI is InChI=1S/C39H47B2N7O3S/c1-36(2)21-26-9-6-19-42-32-28(50-23-25-7-4-3-5-8-25)11-13-31(44-32)52-46-34(49)27-10-12-29(43-33(27)47(36)22-26)48-20-14-30(45-48)51-24-39(40,41)35-37(15-16-37)38(35)17-18-38/h3-5,7-8,10-14,20,26,35H,6,9,15-19,21-24,40-41H2,1-2H3,(H,42,44)(H,46,49). The average molecular weight is 716 g/mol. The van der Waals surface area contributed by atoms with Crippen LogP contribution in [0.4, 0.5) is 11.6 Å². The number of hydrogen-bond acceptors (Lipinski definition) is 9. The fraction of sp³-hybridized carbons (Fsp3) is 0.487. The highest BCUT2D eigenvalue weighted by Crippen LogP contribution is 2.95. The van der Waals surface area contributed by atoms with E-state index in [1.165, 1.54) is 37.6 Å². The van der Waals surface area contributed by atoms with E-state index in [4.69, 9.17) is 24.5 Å². The number of rotatable bonds is 8. The van der Waals surface area contributed by atoms with Crippen LogP contribution in [-0.4, -0.2) is 66.6 Å². The molecule has 1 amide bonds. The van der Waals surface area contributed by atoms with Crippen LogP contribution in [0.15, 0.2) is 71.9 Å². The topological polar surface area (TPSA) is 106 Å². The molecular formula is C39H47B2N7O3S. The molecule has 52 heavy (non-hydrogen) atoms. The third kappa shape index (κ3) is 6.02. The number of hydrogen-bond donors (Lipinski definition) is 2. The SMILES string of the molecule is BC(B)(COc1ccn(-c2ccc3c(n2)N2CC(CCCNc4nc(ccc4OCc4ccccc4)SNC3=O)CC2(C)C)n1)C1C2(CC2)C12CC2. The van der Waals surface area contributed by atoms with Crippen molar-refractivity contribution in [2.45, 2.75) is 81.2 Å². The maximum Gasteiger partial charge on any atom is 0.265 e. The summed E-state index contributed by atoms with van der Waals surface area (Å²) in [6.07, 6.45) is 10.5. The molecule has 1 atom stereocenters. The zero-order chi connectivity index (χ0) is 35.7. The van der Waals surface area contributed by atoms with E-state index in [1.807, 2.05) is 66.9 Å². The van der Waals surface area contributed by atoms with Crippen molar-refractivity contribution in [3.05, 3.63) is 78.0 Å². The van der Waals surface area contributed by atoms with Gasteiger partial charge in [0.05, 0.1) is 12.2 Å². The number of benzene rings is 1. The van der Waals surface area contributed by atoms with E-state index in [2.05, 4.69) is 44.5 Å². The van der Waals surface area contributed by atoms with Crippen LogP contribution < -0.4 is 24.4 Å². The molecule has 1 aromatic carbocycles. The molecule has 13 heteroatoms. The molecular weight excluding hydrogens is 668 g/mol. The average Bonchev–Trinajstić information content (AvgIpc) is 4.09. The van der Waals surface area contributed by atoms with Crippen LogP contribution in [0, 0.1) is 22.7 Å². The Kier molecular flexibility index (Phi) is 8.10. The Morgan fingerprint density at radius 1 is 0.981 bits per heavy atom. The first-order valence-corrected chi connectivity index (χ1v) is 19.8. The molecule has 10 nitrogen and oxygen atoms in total. The van der Waals surface area contributed by atoms with Crippen LogP contribution in [0.25, 0.3) is 5.82 Å². The van der Waals surface area contributed by atoms with Crippen LogP contribution in [0.2, 0.25) is 5.21 Å². The summed E-state index contributed by atoms with van der Waals surface area (Å²) < 4.78 is 17.4. The number of nitrogens with zero attached hydrogens (tertiary/aromatic N) is 5. The van der Waals surface area contributed by atoms with Gasteiger partial charge in [-0.25, -0.2) is 14.6 Å². The maximum atomic E-state index is 13.9. The van der Waals surface area contributed by atoms with Crippen LogP contribution >= 0.6 is 11.9 Å². The molecule has 1 unspecified atom stereocenters. The third-order valence-electron chi connectivity index (χ3n) is 12.5. The molecule has 268 valence electrons. The highest BCUT2D eigenvalue weighted by molar-refractivity contribution is 7.97. The Balaban J connectivity index is 0.947. The van der Waals surface area contributed by atoms with E-state index in [-0.39, 0.29) is 16.7 Å². The van der Waals surface area contributed by atoms with E-state index in [1.54, 1.807) is 4.68 Å². The van der Waals surface area contributed by atoms with Crippen molar-refractivity contribution in [1.29, 1.82) is 0 Å². The summed E-state index contributed by atoms with van der Waals surface area (Å²) in [4.78, 5) is 26.2. The van der Waals surface area contributed by atoms with Gasteiger partial charge in [0.1, 0.15) is 33.1 Å². The van der Waals surface area contributed by atoms with Gasteiger partial charge in [0.25, 0.3) is 5.91 Å². The largest absolute Gasteiger partial charge is 0.485 e. The molecule has 2 N–H and O–H groups in total. The first kappa shape index (κ1) is 33.7. The predicted molar refractivity (Wildman–Crippen MR) is 209 cm³/mol. The van der Waals surface area contributed by atoms with Gasteiger partial charge in [0, 0.05) is 42.8 Å². The Hall–Kier alpha value is -4.12. The second-order valence-electron chi connectivity index (χ2n) is 17.0. The zero-order valence-corrected chi connectivity index (χ0v) is 31.5. The van der Waals surface area contributed by atoms with E-state index in [0.717, 1.165) is 43.8 Å². The van der Waals surface area contributed by atoms with Gasteiger partial charge in [0.15, 0.2) is 17.4 Å². The van der Waals surface area contributed by atoms with Gasteiger partial charge in [-0.2, -0.15) is 0 Å². The van der Waals surface area contributed by atoms with Crippen molar-refractivity contribution in [1.82, 2.24) is 24.5 Å². The van der Waals surface area contributed by atoms with E-state index >= 15 is 0 Å². The van der Waals surface area contributed by atoms with Crippen molar-refractivity contribution in [3.8, 4) is 17.4 Å². The summed E-state index contributed by atoms with van der Waals surface area (Å²) in [5, 5.41) is 9.12. The molecule has 2 spiro atoms. The molecule has 3 aromatic heterocycles. The molecule has 4 fully saturated rings.